The molecule has 0 saturated carbocycles. The molecule has 0 aromatic heterocycles. The van der Waals surface area contributed by atoms with E-state index in [1.165, 1.54) is 24.3 Å². The molecule has 2 aromatic carbocycles. The third-order valence-electron chi connectivity index (χ3n) is 4.79. The lowest BCUT2D eigenvalue weighted by Gasteiger charge is -2.29. The van der Waals surface area contributed by atoms with Crippen molar-refractivity contribution in [2.24, 2.45) is 5.41 Å². The molecule has 1 aliphatic rings. The summed E-state index contributed by atoms with van der Waals surface area (Å²) < 4.78 is 54.2. The van der Waals surface area contributed by atoms with E-state index in [2.05, 4.69) is 0 Å². The molecule has 1 N–H and O–H groups in total. The standard InChI is InChI=1S/C22H19F4NO3/c1-21(2,3)19(29)16-17(14-9-4-5-10-15(14)23)27(20(30)18(16)28)13-8-6-7-12(11-13)22(24,25)26/h4-11,17,28H,1-3H3. The van der Waals surface area contributed by atoms with Crippen LogP contribution in [0.1, 0.15) is 37.9 Å². The Bertz CT molecular complexity index is 1050. The predicted molar refractivity (Wildman–Crippen MR) is 102 cm³/mol. The number of halogens is 4. The van der Waals surface area contributed by atoms with Crippen molar-refractivity contribution in [2.45, 2.75) is 33.0 Å². The fraction of sp³-hybridized carbons (Fsp3) is 0.273. The van der Waals surface area contributed by atoms with Crippen LogP contribution in [0.3, 0.4) is 0 Å². The summed E-state index contributed by atoms with van der Waals surface area (Å²) in [4.78, 5) is 26.7. The number of anilines is 1. The van der Waals surface area contributed by atoms with Crippen LogP contribution in [0.15, 0.2) is 59.9 Å². The van der Waals surface area contributed by atoms with Crippen LogP contribution in [0, 0.1) is 11.2 Å². The average Bonchev–Trinajstić information content (AvgIpc) is 2.91. The van der Waals surface area contributed by atoms with Gasteiger partial charge in [-0.3, -0.25) is 14.5 Å². The van der Waals surface area contributed by atoms with E-state index in [9.17, 15) is 32.3 Å². The molecule has 0 aliphatic carbocycles. The number of ketones is 1. The number of hydrogen-bond donors (Lipinski definition) is 1. The van der Waals surface area contributed by atoms with Crippen molar-refractivity contribution >= 4 is 17.4 Å². The number of alkyl halides is 3. The van der Waals surface area contributed by atoms with Crippen molar-refractivity contribution in [3.8, 4) is 0 Å². The highest BCUT2D eigenvalue weighted by atomic mass is 19.4. The summed E-state index contributed by atoms with van der Waals surface area (Å²) in [6, 6.07) is 7.79. The lowest BCUT2D eigenvalue weighted by Crippen LogP contribution is -2.33. The largest absolute Gasteiger partial charge is 0.503 e. The lowest BCUT2D eigenvalue weighted by molar-refractivity contribution is -0.137. The fourth-order valence-electron chi connectivity index (χ4n) is 3.33. The van der Waals surface area contributed by atoms with E-state index in [0.717, 1.165) is 29.2 Å². The van der Waals surface area contributed by atoms with Crippen molar-refractivity contribution in [1.29, 1.82) is 0 Å². The quantitative estimate of drug-likeness (QED) is 0.679. The van der Waals surface area contributed by atoms with Gasteiger partial charge < -0.3 is 5.11 Å². The van der Waals surface area contributed by atoms with Crippen molar-refractivity contribution < 1.29 is 32.3 Å². The second-order valence-electron chi connectivity index (χ2n) is 7.99. The minimum absolute atomic E-state index is 0.111. The van der Waals surface area contributed by atoms with Gasteiger partial charge in [-0.25, -0.2) is 4.39 Å². The first-order chi connectivity index (χ1) is 13.8. The van der Waals surface area contributed by atoms with Crippen molar-refractivity contribution in [3.63, 3.8) is 0 Å². The number of carbonyl (C=O) groups is 2. The van der Waals surface area contributed by atoms with Gasteiger partial charge in [0.1, 0.15) is 5.82 Å². The number of benzene rings is 2. The first-order valence-corrected chi connectivity index (χ1v) is 9.07. The third-order valence-corrected chi connectivity index (χ3v) is 4.79. The topological polar surface area (TPSA) is 57.6 Å². The maximum atomic E-state index is 14.7. The molecule has 2 aromatic rings. The number of hydrogen-bond acceptors (Lipinski definition) is 3. The molecule has 4 nitrogen and oxygen atoms in total. The molecule has 3 rings (SSSR count). The number of aliphatic hydroxyl groups is 1. The molecule has 0 saturated heterocycles. The van der Waals surface area contributed by atoms with Gasteiger partial charge in [0, 0.05) is 16.7 Å². The molecule has 8 heteroatoms. The second kappa shape index (κ2) is 7.27. The Labute approximate surface area is 170 Å². The van der Waals surface area contributed by atoms with Gasteiger partial charge in [0.2, 0.25) is 0 Å². The minimum Gasteiger partial charge on any atom is -0.503 e. The van der Waals surface area contributed by atoms with Crippen LogP contribution in [0.5, 0.6) is 0 Å². The van der Waals surface area contributed by atoms with Gasteiger partial charge in [-0.15, -0.1) is 0 Å². The van der Waals surface area contributed by atoms with Crippen LogP contribution in [0.25, 0.3) is 0 Å². The molecule has 1 amide bonds. The van der Waals surface area contributed by atoms with E-state index < -0.39 is 46.5 Å². The van der Waals surface area contributed by atoms with Crippen LogP contribution in [0.2, 0.25) is 0 Å². The SMILES string of the molecule is CC(C)(C)C(=O)C1=C(O)C(=O)N(c2cccc(C(F)(F)F)c2)C1c1ccccc1F. The highest BCUT2D eigenvalue weighted by molar-refractivity contribution is 6.17. The molecule has 30 heavy (non-hydrogen) atoms. The molecule has 0 radical (unpaired) electrons. The van der Waals surface area contributed by atoms with Gasteiger partial charge in [0.25, 0.3) is 5.91 Å². The highest BCUT2D eigenvalue weighted by Gasteiger charge is 2.47. The van der Waals surface area contributed by atoms with Gasteiger partial charge in [-0.2, -0.15) is 13.2 Å². The first-order valence-electron chi connectivity index (χ1n) is 9.07. The summed E-state index contributed by atoms with van der Waals surface area (Å²) in [6.45, 7) is 4.68. The summed E-state index contributed by atoms with van der Waals surface area (Å²) >= 11 is 0. The van der Waals surface area contributed by atoms with E-state index in [4.69, 9.17) is 0 Å². The van der Waals surface area contributed by atoms with E-state index in [-0.39, 0.29) is 16.8 Å². The smallest absolute Gasteiger partial charge is 0.416 e. The predicted octanol–water partition coefficient (Wildman–Crippen LogP) is 5.36. The van der Waals surface area contributed by atoms with Crippen LogP contribution in [-0.4, -0.2) is 16.8 Å². The number of aliphatic hydroxyl groups excluding tert-OH is 1. The van der Waals surface area contributed by atoms with Crippen LogP contribution < -0.4 is 4.90 Å². The van der Waals surface area contributed by atoms with Crippen molar-refractivity contribution in [2.75, 3.05) is 4.90 Å². The third kappa shape index (κ3) is 3.69. The summed E-state index contributed by atoms with van der Waals surface area (Å²) in [5.74, 6) is -3.35. The van der Waals surface area contributed by atoms with Gasteiger partial charge in [-0.1, -0.05) is 45.0 Å². The molecule has 1 heterocycles. The van der Waals surface area contributed by atoms with E-state index in [1.807, 2.05) is 0 Å². The number of amides is 1. The molecule has 158 valence electrons. The fourth-order valence-corrected chi connectivity index (χ4v) is 3.33. The molecule has 1 unspecified atom stereocenters. The maximum absolute atomic E-state index is 14.7. The summed E-state index contributed by atoms with van der Waals surface area (Å²) in [5, 5.41) is 10.5. The van der Waals surface area contributed by atoms with Crippen LogP contribution >= 0.6 is 0 Å². The van der Waals surface area contributed by atoms with E-state index >= 15 is 0 Å². The van der Waals surface area contributed by atoms with Gasteiger partial charge in [-0.05, 0) is 24.3 Å². The highest BCUT2D eigenvalue weighted by Crippen LogP contribution is 2.44. The summed E-state index contributed by atoms with van der Waals surface area (Å²) in [7, 11) is 0. The Morgan fingerprint density at radius 2 is 1.67 bits per heavy atom. The Morgan fingerprint density at radius 3 is 2.23 bits per heavy atom. The maximum Gasteiger partial charge on any atom is 0.416 e. The number of Topliss-reactive ketones (excluding diaryl/α,β-unsaturated/α-hetero) is 1. The van der Waals surface area contributed by atoms with E-state index in [0.29, 0.717) is 0 Å². The normalized spacial score (nSPS) is 17.6. The second-order valence-corrected chi connectivity index (χ2v) is 7.99. The lowest BCUT2D eigenvalue weighted by atomic mass is 9.82. The van der Waals surface area contributed by atoms with Gasteiger partial charge in [0.05, 0.1) is 17.2 Å². The van der Waals surface area contributed by atoms with Crippen LogP contribution in [0.4, 0.5) is 23.2 Å². The Hall–Kier alpha value is -3.16. The van der Waals surface area contributed by atoms with Crippen LogP contribution in [-0.2, 0) is 15.8 Å². The average molecular weight is 421 g/mol. The molecule has 1 atom stereocenters. The molecular weight excluding hydrogens is 402 g/mol. The van der Waals surface area contributed by atoms with Crippen molar-refractivity contribution in [3.05, 3.63) is 76.8 Å². The Morgan fingerprint density at radius 1 is 1.03 bits per heavy atom. The first kappa shape index (κ1) is 21.5. The molecule has 0 bridgehead atoms. The Kier molecular flexibility index (Phi) is 5.22. The van der Waals surface area contributed by atoms with Gasteiger partial charge >= 0.3 is 6.18 Å². The molecule has 0 fully saturated rings. The number of carbonyl (C=O) groups excluding carboxylic acids is 2. The molecule has 1 aliphatic heterocycles. The number of nitrogens with zero attached hydrogens (tertiary/aromatic N) is 1. The number of rotatable bonds is 3. The Balaban J connectivity index is 2.25. The summed E-state index contributed by atoms with van der Waals surface area (Å²) in [5.41, 5.74) is -2.73. The van der Waals surface area contributed by atoms with Crippen molar-refractivity contribution in [1.82, 2.24) is 0 Å². The summed E-state index contributed by atoms with van der Waals surface area (Å²) in [6.07, 6.45) is -4.67. The zero-order valence-corrected chi connectivity index (χ0v) is 16.4. The van der Waals surface area contributed by atoms with Gasteiger partial charge in [0.15, 0.2) is 11.5 Å². The molecular formula is C22H19F4NO3. The van der Waals surface area contributed by atoms with E-state index in [1.54, 1.807) is 20.8 Å². The minimum atomic E-state index is -4.67. The zero-order chi connectivity index (χ0) is 22.4. The monoisotopic (exact) mass is 421 g/mol. The zero-order valence-electron chi connectivity index (χ0n) is 16.4. The molecule has 0 spiro atoms.